The number of rotatable bonds is 6. The molecule has 9 heteroatoms. The van der Waals surface area contributed by atoms with Crippen molar-refractivity contribution in [2.75, 3.05) is 19.1 Å². The first-order chi connectivity index (χ1) is 11.9. The standard InChI is InChI=1S/C16H22N4O5/c1-10(15(22)23)17-16(24)20-9-3-4-13(20)14(21)19-18-11-5-7-12(25-2)8-6-11/h5-8,10,13,18H,3-4,9H2,1-2H3,(H,17,24)(H,19,21)(H,22,23)/t10-,13?/m0/s1. The summed E-state index contributed by atoms with van der Waals surface area (Å²) >= 11 is 0. The lowest BCUT2D eigenvalue weighted by atomic mass is 10.2. The fourth-order valence-electron chi connectivity index (χ4n) is 2.50. The highest BCUT2D eigenvalue weighted by Gasteiger charge is 2.35. The maximum atomic E-state index is 12.3. The third-order valence-electron chi connectivity index (χ3n) is 3.95. The predicted octanol–water partition coefficient (Wildman–Crippen LogP) is 0.785. The third-order valence-corrected chi connectivity index (χ3v) is 3.95. The number of methoxy groups -OCH3 is 1. The van der Waals surface area contributed by atoms with E-state index in [9.17, 15) is 14.4 Å². The number of hydrogen-bond acceptors (Lipinski definition) is 5. The number of hydrazine groups is 1. The first-order valence-electron chi connectivity index (χ1n) is 7.92. The van der Waals surface area contributed by atoms with Gasteiger partial charge in [0.05, 0.1) is 12.8 Å². The van der Waals surface area contributed by atoms with Crippen LogP contribution >= 0.6 is 0 Å². The van der Waals surface area contributed by atoms with Crippen molar-refractivity contribution < 1.29 is 24.2 Å². The van der Waals surface area contributed by atoms with Gasteiger partial charge < -0.3 is 20.1 Å². The van der Waals surface area contributed by atoms with E-state index in [1.165, 1.54) is 11.8 Å². The number of carboxylic acid groups (broad SMARTS) is 1. The molecule has 1 aliphatic rings. The van der Waals surface area contributed by atoms with Gasteiger partial charge in [0.2, 0.25) is 0 Å². The molecule has 1 aromatic rings. The number of hydrogen-bond donors (Lipinski definition) is 4. The summed E-state index contributed by atoms with van der Waals surface area (Å²) < 4.78 is 5.06. The van der Waals surface area contributed by atoms with E-state index >= 15 is 0 Å². The van der Waals surface area contributed by atoms with Crippen molar-refractivity contribution in [1.82, 2.24) is 15.6 Å². The zero-order valence-corrected chi connectivity index (χ0v) is 14.1. The number of likely N-dealkylation sites (tertiary alicyclic amines) is 1. The van der Waals surface area contributed by atoms with Crippen LogP contribution in [0.5, 0.6) is 5.75 Å². The zero-order valence-electron chi connectivity index (χ0n) is 14.1. The number of nitrogens with zero attached hydrogens (tertiary/aromatic N) is 1. The average molecular weight is 350 g/mol. The van der Waals surface area contributed by atoms with Gasteiger partial charge in [-0.3, -0.25) is 20.4 Å². The molecule has 1 unspecified atom stereocenters. The van der Waals surface area contributed by atoms with E-state index in [1.54, 1.807) is 31.4 Å². The minimum absolute atomic E-state index is 0.355. The van der Waals surface area contributed by atoms with Crippen molar-refractivity contribution in [3.63, 3.8) is 0 Å². The Bertz CT molecular complexity index is 634. The van der Waals surface area contributed by atoms with Crippen molar-refractivity contribution in [3.8, 4) is 5.75 Å². The summed E-state index contributed by atoms with van der Waals surface area (Å²) in [6.07, 6.45) is 1.19. The quantitative estimate of drug-likeness (QED) is 0.563. The van der Waals surface area contributed by atoms with E-state index in [0.717, 1.165) is 0 Å². The topological polar surface area (TPSA) is 120 Å². The predicted molar refractivity (Wildman–Crippen MR) is 90.1 cm³/mol. The number of ether oxygens (including phenoxy) is 1. The Kier molecular flexibility index (Phi) is 6.04. The molecule has 0 aromatic heterocycles. The van der Waals surface area contributed by atoms with Crippen molar-refractivity contribution in [3.05, 3.63) is 24.3 Å². The SMILES string of the molecule is COc1ccc(NNC(=O)C2CCCN2C(=O)N[C@@H](C)C(=O)O)cc1. The zero-order chi connectivity index (χ0) is 18.4. The molecule has 0 saturated carbocycles. The molecule has 2 rings (SSSR count). The second kappa shape index (κ2) is 8.22. The van der Waals surface area contributed by atoms with Gasteiger partial charge in [0, 0.05) is 6.54 Å². The summed E-state index contributed by atoms with van der Waals surface area (Å²) in [5.41, 5.74) is 6.02. The van der Waals surface area contributed by atoms with Crippen LogP contribution in [0.2, 0.25) is 0 Å². The first kappa shape index (κ1) is 18.4. The van der Waals surface area contributed by atoms with Crippen LogP contribution in [0, 0.1) is 0 Å². The number of urea groups is 1. The minimum atomic E-state index is -1.13. The molecular formula is C16H22N4O5. The van der Waals surface area contributed by atoms with Gasteiger partial charge in [0.1, 0.15) is 17.8 Å². The van der Waals surface area contributed by atoms with Crippen LogP contribution < -0.4 is 20.9 Å². The highest BCUT2D eigenvalue weighted by Crippen LogP contribution is 2.18. The number of aliphatic carboxylic acids is 1. The van der Waals surface area contributed by atoms with E-state index in [4.69, 9.17) is 9.84 Å². The Morgan fingerprint density at radius 2 is 1.96 bits per heavy atom. The molecule has 0 bridgehead atoms. The lowest BCUT2D eigenvalue weighted by molar-refractivity contribution is -0.138. The van der Waals surface area contributed by atoms with Gasteiger partial charge in [-0.05, 0) is 44.0 Å². The highest BCUT2D eigenvalue weighted by molar-refractivity contribution is 5.89. The number of carbonyl (C=O) groups excluding carboxylic acids is 2. The number of carbonyl (C=O) groups is 3. The van der Waals surface area contributed by atoms with Crippen LogP contribution in [0.3, 0.4) is 0 Å². The summed E-state index contributed by atoms with van der Waals surface area (Å²) in [5.74, 6) is -0.788. The molecule has 0 spiro atoms. The number of nitrogens with one attached hydrogen (secondary N) is 3. The summed E-state index contributed by atoms with van der Waals surface area (Å²) in [4.78, 5) is 36.7. The molecule has 3 amide bonds. The molecule has 9 nitrogen and oxygen atoms in total. The van der Waals surface area contributed by atoms with Gasteiger partial charge in [-0.2, -0.15) is 0 Å². The Hall–Kier alpha value is -2.97. The van der Waals surface area contributed by atoms with Crippen molar-refractivity contribution >= 4 is 23.6 Å². The van der Waals surface area contributed by atoms with Crippen LogP contribution in [0.25, 0.3) is 0 Å². The molecule has 2 atom stereocenters. The van der Waals surface area contributed by atoms with E-state index in [-0.39, 0.29) is 5.91 Å². The molecule has 0 radical (unpaired) electrons. The number of anilines is 1. The smallest absolute Gasteiger partial charge is 0.325 e. The maximum Gasteiger partial charge on any atom is 0.325 e. The summed E-state index contributed by atoms with van der Waals surface area (Å²) in [6.45, 7) is 1.77. The molecule has 1 aliphatic heterocycles. The van der Waals surface area contributed by atoms with E-state index in [1.807, 2.05) is 0 Å². The minimum Gasteiger partial charge on any atom is -0.497 e. The molecule has 4 N–H and O–H groups in total. The number of amides is 3. The average Bonchev–Trinajstić information content (AvgIpc) is 3.09. The largest absolute Gasteiger partial charge is 0.497 e. The second-order valence-electron chi connectivity index (χ2n) is 5.70. The van der Waals surface area contributed by atoms with Crippen molar-refractivity contribution in [1.29, 1.82) is 0 Å². The molecule has 0 aliphatic carbocycles. The van der Waals surface area contributed by atoms with Gasteiger partial charge in [0.25, 0.3) is 5.91 Å². The van der Waals surface area contributed by atoms with Crippen molar-refractivity contribution in [2.24, 2.45) is 0 Å². The Morgan fingerprint density at radius 1 is 1.28 bits per heavy atom. The van der Waals surface area contributed by atoms with Gasteiger partial charge in [-0.25, -0.2) is 4.79 Å². The van der Waals surface area contributed by atoms with Crippen LogP contribution in [-0.2, 0) is 9.59 Å². The number of benzene rings is 1. The van der Waals surface area contributed by atoms with Gasteiger partial charge in [0.15, 0.2) is 0 Å². The first-order valence-corrected chi connectivity index (χ1v) is 7.92. The number of carboxylic acids is 1. The van der Waals surface area contributed by atoms with E-state index in [0.29, 0.717) is 30.8 Å². The normalized spacial score (nSPS) is 17.5. The van der Waals surface area contributed by atoms with E-state index < -0.39 is 24.1 Å². The fraction of sp³-hybridized carbons (Fsp3) is 0.438. The second-order valence-corrected chi connectivity index (χ2v) is 5.70. The van der Waals surface area contributed by atoms with Crippen molar-refractivity contribution in [2.45, 2.75) is 31.8 Å². The van der Waals surface area contributed by atoms with Crippen LogP contribution in [-0.4, -0.2) is 53.7 Å². The molecule has 1 saturated heterocycles. The van der Waals surface area contributed by atoms with Crippen LogP contribution in [0.1, 0.15) is 19.8 Å². The van der Waals surface area contributed by atoms with Crippen LogP contribution in [0.15, 0.2) is 24.3 Å². The fourth-order valence-corrected chi connectivity index (χ4v) is 2.50. The summed E-state index contributed by atoms with van der Waals surface area (Å²) in [6, 6.07) is 4.76. The Morgan fingerprint density at radius 3 is 2.56 bits per heavy atom. The summed E-state index contributed by atoms with van der Waals surface area (Å²) in [7, 11) is 1.56. The molecule has 1 aromatic carbocycles. The maximum absolute atomic E-state index is 12.3. The molecule has 136 valence electrons. The Balaban J connectivity index is 1.90. The third kappa shape index (κ3) is 4.75. The highest BCUT2D eigenvalue weighted by atomic mass is 16.5. The molecule has 1 heterocycles. The monoisotopic (exact) mass is 350 g/mol. The molecule has 25 heavy (non-hydrogen) atoms. The lowest BCUT2D eigenvalue weighted by Gasteiger charge is -2.25. The van der Waals surface area contributed by atoms with E-state index in [2.05, 4.69) is 16.2 Å². The van der Waals surface area contributed by atoms with Gasteiger partial charge in [-0.1, -0.05) is 0 Å². The molecule has 1 fully saturated rings. The van der Waals surface area contributed by atoms with Gasteiger partial charge in [-0.15, -0.1) is 0 Å². The van der Waals surface area contributed by atoms with Crippen LogP contribution in [0.4, 0.5) is 10.5 Å². The molecular weight excluding hydrogens is 328 g/mol. The lowest BCUT2D eigenvalue weighted by Crippen LogP contribution is -2.53. The summed E-state index contributed by atoms with van der Waals surface area (Å²) in [5, 5.41) is 11.2. The Labute approximate surface area is 145 Å². The van der Waals surface area contributed by atoms with Gasteiger partial charge >= 0.3 is 12.0 Å².